The van der Waals surface area contributed by atoms with Crippen LogP contribution in [0, 0.1) is 0 Å². The number of carbonyl (C=O) groups excluding carboxylic acids is 1. The maximum Gasteiger partial charge on any atom is 0.264 e. The molecule has 0 saturated carbocycles. The molecule has 0 spiro atoms. The van der Waals surface area contributed by atoms with Gasteiger partial charge in [-0.2, -0.15) is 0 Å². The second-order valence-corrected chi connectivity index (χ2v) is 4.90. The number of amides is 1. The lowest BCUT2D eigenvalue weighted by atomic mass is 10.3. The quantitative estimate of drug-likeness (QED) is 0.849. The number of para-hydroxylation sites is 2. The van der Waals surface area contributed by atoms with Gasteiger partial charge in [0.1, 0.15) is 5.75 Å². The number of nitrogens with one attached hydrogen (secondary N) is 2. The first-order valence-corrected chi connectivity index (χ1v) is 6.97. The first-order chi connectivity index (χ1) is 10.1. The zero-order valence-corrected chi connectivity index (χ0v) is 12.6. The minimum atomic E-state index is -0.358. The molecule has 0 aliphatic rings. The number of hydrogen-bond acceptors (Lipinski definition) is 3. The van der Waals surface area contributed by atoms with Crippen molar-refractivity contribution < 1.29 is 9.53 Å². The molecule has 4 nitrogen and oxygen atoms in total. The molecule has 2 aromatic rings. The van der Waals surface area contributed by atoms with E-state index >= 15 is 0 Å². The first-order valence-electron chi connectivity index (χ1n) is 6.18. The van der Waals surface area contributed by atoms with E-state index in [1.807, 2.05) is 30.3 Å². The van der Waals surface area contributed by atoms with Gasteiger partial charge in [0.05, 0.1) is 5.02 Å². The molecular formula is C15H13ClN2O2S. The van der Waals surface area contributed by atoms with E-state index < -0.39 is 0 Å². The third kappa shape index (κ3) is 5.06. The monoisotopic (exact) mass is 320 g/mol. The SMILES string of the molecule is O=C(COc1ccccc1Cl)NC(=S)Nc1ccccc1. The minimum Gasteiger partial charge on any atom is -0.482 e. The lowest BCUT2D eigenvalue weighted by Gasteiger charge is -2.10. The normalized spacial score (nSPS) is 9.76. The maximum absolute atomic E-state index is 11.7. The highest BCUT2D eigenvalue weighted by atomic mass is 35.5. The Hall–Kier alpha value is -2.11. The predicted octanol–water partition coefficient (Wildman–Crippen LogP) is 3.23. The van der Waals surface area contributed by atoms with Crippen LogP contribution in [0.25, 0.3) is 0 Å². The summed E-state index contributed by atoms with van der Waals surface area (Å²) in [5.41, 5.74) is 0.801. The van der Waals surface area contributed by atoms with Crippen LogP contribution in [0.15, 0.2) is 54.6 Å². The average molecular weight is 321 g/mol. The van der Waals surface area contributed by atoms with Crippen LogP contribution in [0.5, 0.6) is 5.75 Å². The second kappa shape index (κ2) is 7.61. The molecule has 0 radical (unpaired) electrons. The summed E-state index contributed by atoms with van der Waals surface area (Å²) in [7, 11) is 0. The van der Waals surface area contributed by atoms with Crippen LogP contribution >= 0.6 is 23.8 Å². The van der Waals surface area contributed by atoms with E-state index in [9.17, 15) is 4.79 Å². The number of carbonyl (C=O) groups is 1. The summed E-state index contributed by atoms with van der Waals surface area (Å²) in [6, 6.07) is 16.3. The Labute approximate surface area is 133 Å². The highest BCUT2D eigenvalue weighted by Gasteiger charge is 2.07. The molecule has 0 aliphatic heterocycles. The Morgan fingerprint density at radius 3 is 2.48 bits per heavy atom. The van der Waals surface area contributed by atoms with Crippen LogP contribution in [-0.4, -0.2) is 17.6 Å². The van der Waals surface area contributed by atoms with Gasteiger partial charge >= 0.3 is 0 Å². The molecule has 2 aromatic carbocycles. The lowest BCUT2D eigenvalue weighted by molar-refractivity contribution is -0.121. The Morgan fingerprint density at radius 2 is 1.76 bits per heavy atom. The molecule has 108 valence electrons. The number of rotatable bonds is 4. The van der Waals surface area contributed by atoms with Crippen molar-refractivity contribution in [3.8, 4) is 5.75 Å². The fourth-order valence-electron chi connectivity index (χ4n) is 1.55. The fraction of sp³-hybridized carbons (Fsp3) is 0.0667. The van der Waals surface area contributed by atoms with Gasteiger partial charge in [0.25, 0.3) is 5.91 Å². The lowest BCUT2D eigenvalue weighted by Crippen LogP contribution is -2.37. The topological polar surface area (TPSA) is 50.4 Å². The van der Waals surface area contributed by atoms with Crippen molar-refractivity contribution in [3.05, 3.63) is 59.6 Å². The van der Waals surface area contributed by atoms with Crippen molar-refractivity contribution in [1.82, 2.24) is 5.32 Å². The zero-order chi connectivity index (χ0) is 15.1. The van der Waals surface area contributed by atoms with Crippen LogP contribution in [0.3, 0.4) is 0 Å². The van der Waals surface area contributed by atoms with Crippen molar-refractivity contribution in [2.24, 2.45) is 0 Å². The molecule has 0 bridgehead atoms. The molecule has 0 aromatic heterocycles. The number of thiocarbonyl (C=S) groups is 1. The molecule has 0 heterocycles. The minimum absolute atomic E-state index is 0.166. The Morgan fingerprint density at radius 1 is 1.10 bits per heavy atom. The molecular weight excluding hydrogens is 308 g/mol. The first kappa shape index (κ1) is 15.3. The van der Waals surface area contributed by atoms with Crippen molar-refractivity contribution in [1.29, 1.82) is 0 Å². The molecule has 1 amide bonds. The number of halogens is 1. The van der Waals surface area contributed by atoms with Crippen LogP contribution in [-0.2, 0) is 4.79 Å². The number of ether oxygens (including phenoxy) is 1. The highest BCUT2D eigenvalue weighted by Crippen LogP contribution is 2.22. The van der Waals surface area contributed by atoms with Crippen molar-refractivity contribution in [3.63, 3.8) is 0 Å². The molecule has 2 rings (SSSR count). The molecule has 21 heavy (non-hydrogen) atoms. The van der Waals surface area contributed by atoms with Gasteiger partial charge in [-0.05, 0) is 36.5 Å². The van der Waals surface area contributed by atoms with E-state index in [1.54, 1.807) is 24.3 Å². The van der Waals surface area contributed by atoms with Crippen LogP contribution in [0.4, 0.5) is 5.69 Å². The Bertz CT molecular complexity index is 635. The summed E-state index contributed by atoms with van der Waals surface area (Å²) in [5, 5.41) is 6.10. The largest absolute Gasteiger partial charge is 0.482 e. The van der Waals surface area contributed by atoms with E-state index in [4.69, 9.17) is 28.6 Å². The van der Waals surface area contributed by atoms with Crippen LogP contribution < -0.4 is 15.4 Å². The van der Waals surface area contributed by atoms with Gasteiger partial charge in [-0.1, -0.05) is 41.9 Å². The zero-order valence-electron chi connectivity index (χ0n) is 11.0. The van der Waals surface area contributed by atoms with Crippen molar-refractivity contribution in [2.45, 2.75) is 0 Å². The third-order valence-corrected chi connectivity index (χ3v) is 3.00. The van der Waals surface area contributed by atoms with Gasteiger partial charge in [-0.3, -0.25) is 10.1 Å². The molecule has 0 aliphatic carbocycles. The van der Waals surface area contributed by atoms with Gasteiger partial charge in [-0.15, -0.1) is 0 Å². The third-order valence-electron chi connectivity index (χ3n) is 2.48. The van der Waals surface area contributed by atoms with Crippen LogP contribution in [0.2, 0.25) is 5.02 Å². The number of benzene rings is 2. The Kier molecular flexibility index (Phi) is 5.54. The smallest absolute Gasteiger partial charge is 0.264 e. The van der Waals surface area contributed by atoms with Gasteiger partial charge in [0.2, 0.25) is 0 Å². The fourth-order valence-corrected chi connectivity index (χ4v) is 1.97. The van der Waals surface area contributed by atoms with Crippen molar-refractivity contribution >= 4 is 40.5 Å². The van der Waals surface area contributed by atoms with Gasteiger partial charge < -0.3 is 10.1 Å². The van der Waals surface area contributed by atoms with Gasteiger partial charge in [0, 0.05) is 5.69 Å². The summed E-state index contributed by atoms with van der Waals surface area (Å²) in [4.78, 5) is 11.7. The number of hydrogen-bond donors (Lipinski definition) is 2. The summed E-state index contributed by atoms with van der Waals surface area (Å²) in [6.07, 6.45) is 0. The predicted molar refractivity (Wildman–Crippen MR) is 87.8 cm³/mol. The van der Waals surface area contributed by atoms with E-state index in [1.165, 1.54) is 0 Å². The molecule has 0 saturated heterocycles. The van der Waals surface area contributed by atoms with Gasteiger partial charge in [-0.25, -0.2) is 0 Å². The molecule has 2 N–H and O–H groups in total. The van der Waals surface area contributed by atoms with Gasteiger partial charge in [0.15, 0.2) is 11.7 Å². The number of anilines is 1. The molecule has 0 fully saturated rings. The molecule has 0 unspecified atom stereocenters. The Balaban J connectivity index is 1.79. The molecule has 6 heteroatoms. The maximum atomic E-state index is 11.7. The summed E-state index contributed by atoms with van der Waals surface area (Å²) in [6.45, 7) is -0.166. The van der Waals surface area contributed by atoms with Crippen molar-refractivity contribution in [2.75, 3.05) is 11.9 Å². The summed E-state index contributed by atoms with van der Waals surface area (Å²) in [5.74, 6) is 0.0969. The highest BCUT2D eigenvalue weighted by molar-refractivity contribution is 7.80. The van der Waals surface area contributed by atoms with E-state index in [0.29, 0.717) is 10.8 Å². The van der Waals surface area contributed by atoms with Crippen LogP contribution in [0.1, 0.15) is 0 Å². The summed E-state index contributed by atoms with van der Waals surface area (Å²) >= 11 is 11.0. The standard InChI is InChI=1S/C15H13ClN2O2S/c16-12-8-4-5-9-13(12)20-10-14(19)18-15(21)17-11-6-2-1-3-7-11/h1-9H,10H2,(H2,17,18,19,21). The van der Waals surface area contributed by atoms with E-state index in [-0.39, 0.29) is 17.6 Å². The van der Waals surface area contributed by atoms with E-state index in [2.05, 4.69) is 10.6 Å². The second-order valence-electron chi connectivity index (χ2n) is 4.09. The summed E-state index contributed by atoms with van der Waals surface area (Å²) < 4.78 is 5.32. The average Bonchev–Trinajstić information content (AvgIpc) is 2.47. The molecule has 0 atom stereocenters. The van der Waals surface area contributed by atoms with E-state index in [0.717, 1.165) is 5.69 Å².